The van der Waals surface area contributed by atoms with E-state index in [0.29, 0.717) is 33.3 Å². The summed E-state index contributed by atoms with van der Waals surface area (Å²) >= 11 is 0. The van der Waals surface area contributed by atoms with Crippen molar-refractivity contribution in [2.45, 2.75) is 13.8 Å². The first kappa shape index (κ1) is 16.5. The molecular weight excluding hydrogens is 316 g/mol. The molecule has 0 fully saturated rings. The number of nitriles is 1. The molecule has 1 heterocycles. The summed E-state index contributed by atoms with van der Waals surface area (Å²) in [5, 5.41) is 10.1. The molecule has 3 aromatic rings. The average Bonchev–Trinajstić information content (AvgIpc) is 2.62. The van der Waals surface area contributed by atoms with Crippen LogP contribution in [0.4, 0.5) is 0 Å². The zero-order valence-corrected chi connectivity index (χ0v) is 13.9. The monoisotopic (exact) mass is 332 g/mol. The van der Waals surface area contributed by atoms with Crippen molar-refractivity contribution in [3.8, 4) is 11.8 Å². The van der Waals surface area contributed by atoms with Crippen LogP contribution in [0.1, 0.15) is 28.5 Å². The quantitative estimate of drug-likeness (QED) is 0.690. The average molecular weight is 332 g/mol. The van der Waals surface area contributed by atoms with Crippen LogP contribution in [0.25, 0.3) is 16.5 Å². The highest BCUT2D eigenvalue weighted by Gasteiger charge is 2.20. The zero-order valence-electron chi connectivity index (χ0n) is 13.9. The maximum Gasteiger partial charge on any atom is 0.340 e. The van der Waals surface area contributed by atoms with Gasteiger partial charge in [0, 0.05) is 16.5 Å². The van der Waals surface area contributed by atoms with E-state index in [-0.39, 0.29) is 12.2 Å². The summed E-state index contributed by atoms with van der Waals surface area (Å²) in [6, 6.07) is 15.8. The summed E-state index contributed by atoms with van der Waals surface area (Å²) in [7, 11) is 0. The Balaban J connectivity index is 2.42. The van der Waals surface area contributed by atoms with E-state index in [9.17, 15) is 9.59 Å². The van der Waals surface area contributed by atoms with Gasteiger partial charge in [-0.2, -0.15) is 5.26 Å². The van der Waals surface area contributed by atoms with Gasteiger partial charge < -0.3 is 4.74 Å². The number of rotatable bonds is 3. The predicted molar refractivity (Wildman–Crippen MR) is 95.0 cm³/mol. The molecule has 0 aliphatic rings. The van der Waals surface area contributed by atoms with Crippen molar-refractivity contribution in [3.05, 3.63) is 75.7 Å². The number of nitrogens with zero attached hydrogens (tertiary/aromatic N) is 2. The first-order valence-electron chi connectivity index (χ1n) is 7.90. The van der Waals surface area contributed by atoms with Crippen molar-refractivity contribution in [2.24, 2.45) is 0 Å². The highest BCUT2D eigenvalue weighted by Crippen LogP contribution is 2.23. The van der Waals surface area contributed by atoms with Gasteiger partial charge in [-0.1, -0.05) is 24.3 Å². The van der Waals surface area contributed by atoms with Crippen molar-refractivity contribution in [1.29, 1.82) is 5.26 Å². The second kappa shape index (κ2) is 6.62. The summed E-state index contributed by atoms with van der Waals surface area (Å²) in [6.45, 7) is 3.69. The Morgan fingerprint density at radius 2 is 1.88 bits per heavy atom. The number of benzene rings is 2. The van der Waals surface area contributed by atoms with Gasteiger partial charge in [0.05, 0.1) is 29.5 Å². The maximum atomic E-state index is 13.0. The third-order valence-corrected chi connectivity index (χ3v) is 4.04. The SMILES string of the molecule is CCOC(=O)c1c(C)n(-c2cccc(C#N)c2)c(=O)c2ccccc12. The molecule has 2 aromatic carbocycles. The number of hydrogen-bond acceptors (Lipinski definition) is 4. The molecule has 5 heteroatoms. The maximum absolute atomic E-state index is 13.0. The van der Waals surface area contributed by atoms with E-state index in [2.05, 4.69) is 6.07 Å². The van der Waals surface area contributed by atoms with E-state index in [0.717, 1.165) is 0 Å². The van der Waals surface area contributed by atoms with Crippen LogP contribution in [0.3, 0.4) is 0 Å². The molecule has 0 aliphatic heterocycles. The lowest BCUT2D eigenvalue weighted by Crippen LogP contribution is -2.25. The van der Waals surface area contributed by atoms with Crippen LogP contribution in [-0.4, -0.2) is 17.1 Å². The summed E-state index contributed by atoms with van der Waals surface area (Å²) in [6.07, 6.45) is 0. The number of carbonyl (C=O) groups is 1. The molecule has 0 amide bonds. The Bertz CT molecular complexity index is 1070. The molecule has 0 aliphatic carbocycles. The number of pyridine rings is 1. The summed E-state index contributed by atoms with van der Waals surface area (Å²) in [5.41, 5.74) is 1.58. The number of ether oxygens (including phenoxy) is 1. The van der Waals surface area contributed by atoms with Gasteiger partial charge in [0.1, 0.15) is 0 Å². The fourth-order valence-corrected chi connectivity index (χ4v) is 2.95. The molecule has 0 bridgehead atoms. The largest absolute Gasteiger partial charge is 0.462 e. The molecule has 1 aromatic heterocycles. The molecular formula is C20H16N2O3. The van der Waals surface area contributed by atoms with Crippen LogP contribution in [0, 0.1) is 18.3 Å². The molecule has 0 unspecified atom stereocenters. The van der Waals surface area contributed by atoms with E-state index < -0.39 is 5.97 Å². The summed E-state index contributed by atoms with van der Waals surface area (Å²) < 4.78 is 6.64. The molecule has 0 N–H and O–H groups in total. The van der Waals surface area contributed by atoms with Crippen LogP contribution < -0.4 is 5.56 Å². The number of esters is 1. The standard InChI is InChI=1S/C20H16N2O3/c1-3-25-20(24)18-13(2)22(15-8-6-7-14(11-15)12-21)19(23)17-10-5-4-9-16(17)18/h4-11H,3H2,1-2H3. The lowest BCUT2D eigenvalue weighted by molar-refractivity contribution is 0.0527. The van der Waals surface area contributed by atoms with E-state index in [1.54, 1.807) is 62.4 Å². The van der Waals surface area contributed by atoms with Gasteiger partial charge in [-0.15, -0.1) is 0 Å². The van der Waals surface area contributed by atoms with Gasteiger partial charge in [0.2, 0.25) is 0 Å². The van der Waals surface area contributed by atoms with Gasteiger partial charge in [-0.25, -0.2) is 4.79 Å². The molecule has 0 saturated heterocycles. The van der Waals surface area contributed by atoms with Gasteiger partial charge in [-0.3, -0.25) is 9.36 Å². The van der Waals surface area contributed by atoms with Crippen molar-refractivity contribution < 1.29 is 9.53 Å². The molecule has 0 atom stereocenters. The third-order valence-electron chi connectivity index (χ3n) is 4.04. The lowest BCUT2D eigenvalue weighted by Gasteiger charge is -2.16. The smallest absolute Gasteiger partial charge is 0.340 e. The minimum Gasteiger partial charge on any atom is -0.462 e. The fourth-order valence-electron chi connectivity index (χ4n) is 2.95. The molecule has 5 nitrogen and oxygen atoms in total. The van der Waals surface area contributed by atoms with E-state index in [1.807, 2.05) is 0 Å². The summed E-state index contributed by atoms with van der Waals surface area (Å²) in [4.78, 5) is 25.5. The number of hydrogen-bond donors (Lipinski definition) is 0. The fraction of sp³-hybridized carbons (Fsp3) is 0.150. The van der Waals surface area contributed by atoms with Crippen molar-refractivity contribution in [1.82, 2.24) is 4.57 Å². The first-order chi connectivity index (χ1) is 12.1. The van der Waals surface area contributed by atoms with Crippen LogP contribution in [0.15, 0.2) is 53.3 Å². The Kier molecular flexibility index (Phi) is 4.36. The van der Waals surface area contributed by atoms with Gasteiger partial charge >= 0.3 is 5.97 Å². The topological polar surface area (TPSA) is 72.1 Å². The minimum absolute atomic E-state index is 0.240. The molecule has 124 valence electrons. The highest BCUT2D eigenvalue weighted by atomic mass is 16.5. The molecule has 0 saturated carbocycles. The first-order valence-corrected chi connectivity index (χ1v) is 7.90. The molecule has 25 heavy (non-hydrogen) atoms. The number of fused-ring (bicyclic) bond motifs is 1. The van der Waals surface area contributed by atoms with E-state index >= 15 is 0 Å². The molecule has 3 rings (SSSR count). The van der Waals surface area contributed by atoms with Gasteiger partial charge in [-0.05, 0) is 38.1 Å². The van der Waals surface area contributed by atoms with Crippen molar-refractivity contribution in [2.75, 3.05) is 6.61 Å². The number of carbonyl (C=O) groups excluding carboxylic acids is 1. The third kappa shape index (κ3) is 2.79. The Labute approximate surface area is 144 Å². The lowest BCUT2D eigenvalue weighted by atomic mass is 10.0. The normalized spacial score (nSPS) is 10.4. The zero-order chi connectivity index (χ0) is 18.0. The number of aromatic nitrogens is 1. The van der Waals surface area contributed by atoms with Crippen LogP contribution in [0.2, 0.25) is 0 Å². The Morgan fingerprint density at radius 1 is 1.16 bits per heavy atom. The van der Waals surface area contributed by atoms with Crippen molar-refractivity contribution in [3.63, 3.8) is 0 Å². The van der Waals surface area contributed by atoms with Gasteiger partial charge in [0.25, 0.3) is 5.56 Å². The van der Waals surface area contributed by atoms with Crippen molar-refractivity contribution >= 4 is 16.7 Å². The van der Waals surface area contributed by atoms with Crippen LogP contribution >= 0.6 is 0 Å². The summed E-state index contributed by atoms with van der Waals surface area (Å²) in [5.74, 6) is -0.471. The van der Waals surface area contributed by atoms with E-state index in [4.69, 9.17) is 10.00 Å². The van der Waals surface area contributed by atoms with Crippen LogP contribution in [0.5, 0.6) is 0 Å². The molecule has 0 radical (unpaired) electrons. The second-order valence-corrected chi connectivity index (χ2v) is 5.53. The highest BCUT2D eigenvalue weighted by molar-refractivity contribution is 6.05. The van der Waals surface area contributed by atoms with Crippen LogP contribution in [-0.2, 0) is 4.74 Å². The predicted octanol–water partition coefficient (Wildman–Crippen LogP) is 3.35. The van der Waals surface area contributed by atoms with Gasteiger partial charge in [0.15, 0.2) is 0 Å². The second-order valence-electron chi connectivity index (χ2n) is 5.53. The van der Waals surface area contributed by atoms with E-state index in [1.165, 1.54) is 4.57 Å². The molecule has 0 spiro atoms. The Morgan fingerprint density at radius 3 is 2.56 bits per heavy atom. The Hall–Kier alpha value is -3.39. The minimum atomic E-state index is -0.471.